The van der Waals surface area contributed by atoms with Gasteiger partial charge in [-0.15, -0.1) is 0 Å². The number of halogens is 1. The molecule has 0 atom stereocenters. The third kappa shape index (κ3) is 3.42. The fourth-order valence-corrected chi connectivity index (χ4v) is 4.96. The monoisotopic (exact) mass is 355 g/mol. The fourth-order valence-electron chi connectivity index (χ4n) is 3.70. The summed E-state index contributed by atoms with van der Waals surface area (Å²) < 4.78 is 0. The molecule has 2 aliphatic heterocycles. The molecule has 0 saturated carbocycles. The Hall–Kier alpha value is -1.22. The number of fused-ring (bicyclic) bond motifs is 2. The summed E-state index contributed by atoms with van der Waals surface area (Å²) in [6.07, 6.45) is 7.51. The van der Waals surface area contributed by atoms with Crippen molar-refractivity contribution < 1.29 is 0 Å². The smallest absolute Gasteiger partial charge is 0.0412 e. The molecule has 0 aromatic heterocycles. The van der Waals surface area contributed by atoms with Crippen LogP contribution in [-0.2, 0) is 0 Å². The Bertz CT molecular complexity index is 762. The van der Waals surface area contributed by atoms with E-state index in [-0.39, 0.29) is 0 Å². The minimum atomic E-state index is 0.818. The molecule has 0 spiro atoms. The van der Waals surface area contributed by atoms with Crippen molar-refractivity contribution in [1.82, 2.24) is 5.32 Å². The van der Waals surface area contributed by atoms with Crippen molar-refractivity contribution in [3.8, 4) is 0 Å². The molecule has 2 aromatic carbocycles. The molecule has 24 heavy (non-hydrogen) atoms. The number of piperidine rings is 1. The van der Waals surface area contributed by atoms with Crippen LogP contribution in [0.2, 0.25) is 5.02 Å². The average molecular weight is 356 g/mol. The van der Waals surface area contributed by atoms with Gasteiger partial charge in [0.25, 0.3) is 0 Å². The van der Waals surface area contributed by atoms with E-state index in [0.29, 0.717) is 0 Å². The molecule has 0 amide bonds. The van der Waals surface area contributed by atoms with Crippen LogP contribution in [0.25, 0.3) is 5.57 Å². The lowest BCUT2D eigenvalue weighted by atomic mass is 9.91. The van der Waals surface area contributed by atoms with E-state index in [1.165, 1.54) is 58.8 Å². The van der Waals surface area contributed by atoms with Gasteiger partial charge in [-0.05, 0) is 85.7 Å². The first-order valence-corrected chi connectivity index (χ1v) is 9.99. The van der Waals surface area contributed by atoms with Gasteiger partial charge in [-0.3, -0.25) is 0 Å². The van der Waals surface area contributed by atoms with Crippen LogP contribution in [0.5, 0.6) is 0 Å². The van der Waals surface area contributed by atoms with E-state index in [2.05, 4.69) is 47.8 Å². The summed E-state index contributed by atoms with van der Waals surface area (Å²) in [4.78, 5) is 2.66. The van der Waals surface area contributed by atoms with Crippen LogP contribution in [0.15, 0.2) is 58.3 Å². The molecular formula is C21H22ClNS. The highest BCUT2D eigenvalue weighted by atomic mass is 35.5. The first-order chi connectivity index (χ1) is 11.8. The average Bonchev–Trinajstić information content (AvgIpc) is 2.62. The Morgan fingerprint density at radius 2 is 1.83 bits per heavy atom. The second-order valence-electron chi connectivity index (χ2n) is 6.63. The molecule has 1 nitrogen and oxygen atoms in total. The molecule has 0 bridgehead atoms. The lowest BCUT2D eigenvalue weighted by Gasteiger charge is -2.24. The first-order valence-electron chi connectivity index (χ1n) is 8.79. The normalized spacial score (nSPS) is 19.1. The Morgan fingerprint density at radius 1 is 1.04 bits per heavy atom. The molecule has 1 saturated heterocycles. The number of nitrogens with one attached hydrogen (secondary N) is 1. The van der Waals surface area contributed by atoms with Crippen LogP contribution < -0.4 is 5.32 Å². The van der Waals surface area contributed by atoms with Crippen LogP contribution in [0.4, 0.5) is 0 Å². The molecule has 0 radical (unpaired) electrons. The summed E-state index contributed by atoms with van der Waals surface area (Å²) in [6.45, 7) is 2.36. The Kier molecular flexibility index (Phi) is 4.98. The number of benzene rings is 2. The van der Waals surface area contributed by atoms with Crippen molar-refractivity contribution in [2.45, 2.75) is 35.5 Å². The van der Waals surface area contributed by atoms with Crippen LogP contribution in [0.3, 0.4) is 0 Å². The SMILES string of the molecule is Clc1ccc2c(c1)C(=CCCC1CCNCC1)c1ccccc1S2. The van der Waals surface area contributed by atoms with Crippen molar-refractivity contribution >= 4 is 28.9 Å². The number of hydrogen-bond donors (Lipinski definition) is 1. The minimum absolute atomic E-state index is 0.818. The second kappa shape index (κ2) is 7.35. The highest BCUT2D eigenvalue weighted by molar-refractivity contribution is 7.99. The maximum Gasteiger partial charge on any atom is 0.0412 e. The Labute approximate surface area is 153 Å². The van der Waals surface area contributed by atoms with Crippen LogP contribution in [0.1, 0.15) is 36.8 Å². The summed E-state index contributed by atoms with van der Waals surface area (Å²) in [7, 11) is 0. The van der Waals surface area contributed by atoms with Gasteiger partial charge in [-0.2, -0.15) is 0 Å². The zero-order valence-corrected chi connectivity index (χ0v) is 15.3. The Balaban J connectivity index is 1.63. The first kappa shape index (κ1) is 16.3. The van der Waals surface area contributed by atoms with Gasteiger partial charge in [0.1, 0.15) is 0 Å². The van der Waals surface area contributed by atoms with Crippen molar-refractivity contribution in [2.75, 3.05) is 13.1 Å². The van der Waals surface area contributed by atoms with Gasteiger partial charge in [0, 0.05) is 14.8 Å². The maximum absolute atomic E-state index is 6.28. The van der Waals surface area contributed by atoms with E-state index in [1.807, 2.05) is 17.8 Å². The van der Waals surface area contributed by atoms with E-state index >= 15 is 0 Å². The van der Waals surface area contributed by atoms with E-state index in [1.54, 1.807) is 0 Å². The molecule has 1 N–H and O–H groups in total. The van der Waals surface area contributed by atoms with E-state index in [9.17, 15) is 0 Å². The van der Waals surface area contributed by atoms with Crippen LogP contribution >= 0.6 is 23.4 Å². The van der Waals surface area contributed by atoms with E-state index in [0.717, 1.165) is 17.4 Å². The molecule has 3 heteroatoms. The number of allylic oxidation sites excluding steroid dienone is 1. The standard InChI is InChI=1S/C21H22ClNS/c22-16-8-9-21-19(14-16)17(18-5-1-2-7-20(18)24-21)6-3-4-15-10-12-23-13-11-15/h1-2,5-9,14-15,23H,3-4,10-13H2. The summed E-state index contributed by atoms with van der Waals surface area (Å²) in [5, 5.41) is 4.27. The Morgan fingerprint density at radius 3 is 2.71 bits per heavy atom. The highest BCUT2D eigenvalue weighted by Gasteiger charge is 2.21. The van der Waals surface area contributed by atoms with E-state index in [4.69, 9.17) is 11.6 Å². The summed E-state index contributed by atoms with van der Waals surface area (Å²) in [6, 6.07) is 15.0. The molecule has 1 fully saturated rings. The molecule has 2 heterocycles. The lowest BCUT2D eigenvalue weighted by Crippen LogP contribution is -2.27. The predicted molar refractivity (Wildman–Crippen MR) is 104 cm³/mol. The maximum atomic E-state index is 6.28. The van der Waals surface area contributed by atoms with Gasteiger partial charge in [0.2, 0.25) is 0 Å². The fraction of sp³-hybridized carbons (Fsp3) is 0.333. The summed E-state index contributed by atoms with van der Waals surface area (Å²) >= 11 is 8.13. The molecule has 2 aromatic rings. The van der Waals surface area contributed by atoms with Crippen LogP contribution in [0, 0.1) is 5.92 Å². The third-order valence-electron chi connectivity index (χ3n) is 5.01. The number of rotatable bonds is 3. The quantitative estimate of drug-likeness (QED) is 0.616. The van der Waals surface area contributed by atoms with Gasteiger partial charge in [-0.25, -0.2) is 0 Å². The molecule has 2 aliphatic rings. The summed E-state index contributed by atoms with van der Waals surface area (Å²) in [5.41, 5.74) is 4.00. The molecule has 0 aliphatic carbocycles. The van der Waals surface area contributed by atoms with Gasteiger partial charge >= 0.3 is 0 Å². The lowest BCUT2D eigenvalue weighted by molar-refractivity contribution is 0.356. The molecular weight excluding hydrogens is 334 g/mol. The van der Waals surface area contributed by atoms with Crippen LogP contribution in [-0.4, -0.2) is 13.1 Å². The predicted octanol–water partition coefficient (Wildman–Crippen LogP) is 6.02. The largest absolute Gasteiger partial charge is 0.317 e. The molecule has 124 valence electrons. The van der Waals surface area contributed by atoms with Gasteiger partial charge in [0.15, 0.2) is 0 Å². The number of hydrogen-bond acceptors (Lipinski definition) is 2. The second-order valence-corrected chi connectivity index (χ2v) is 8.15. The van der Waals surface area contributed by atoms with Gasteiger partial charge in [-0.1, -0.05) is 47.6 Å². The van der Waals surface area contributed by atoms with Crippen molar-refractivity contribution in [1.29, 1.82) is 0 Å². The third-order valence-corrected chi connectivity index (χ3v) is 6.40. The van der Waals surface area contributed by atoms with Crippen molar-refractivity contribution in [3.63, 3.8) is 0 Å². The zero-order chi connectivity index (χ0) is 16.4. The van der Waals surface area contributed by atoms with Gasteiger partial charge in [0.05, 0.1) is 0 Å². The van der Waals surface area contributed by atoms with Gasteiger partial charge < -0.3 is 5.32 Å². The molecule has 4 rings (SSSR count). The summed E-state index contributed by atoms with van der Waals surface area (Å²) in [5.74, 6) is 0.871. The minimum Gasteiger partial charge on any atom is -0.317 e. The zero-order valence-electron chi connectivity index (χ0n) is 13.7. The highest BCUT2D eigenvalue weighted by Crippen LogP contribution is 2.46. The van der Waals surface area contributed by atoms with E-state index < -0.39 is 0 Å². The topological polar surface area (TPSA) is 12.0 Å². The van der Waals surface area contributed by atoms with Crippen molar-refractivity contribution in [2.24, 2.45) is 5.92 Å². The molecule has 0 unspecified atom stereocenters. The van der Waals surface area contributed by atoms with Crippen molar-refractivity contribution in [3.05, 3.63) is 64.7 Å².